The zero-order valence-electron chi connectivity index (χ0n) is 18.4. The van der Waals surface area contributed by atoms with Crippen LogP contribution in [-0.2, 0) is 19.1 Å². The molecule has 0 radical (unpaired) electrons. The first-order valence-corrected chi connectivity index (χ1v) is 9.67. The first-order valence-electron chi connectivity index (χ1n) is 9.67. The third kappa shape index (κ3) is 5.75. The van der Waals surface area contributed by atoms with Gasteiger partial charge in [-0.1, -0.05) is 12.1 Å². The third-order valence-corrected chi connectivity index (χ3v) is 4.34. The maximum absolute atomic E-state index is 13.5. The van der Waals surface area contributed by atoms with Gasteiger partial charge in [0.2, 0.25) is 0 Å². The lowest BCUT2D eigenvalue weighted by Crippen LogP contribution is -2.40. The van der Waals surface area contributed by atoms with Crippen LogP contribution in [-0.4, -0.2) is 28.9 Å². The molecule has 0 bridgehead atoms. The number of hydrogen-bond acceptors (Lipinski definition) is 5. The summed E-state index contributed by atoms with van der Waals surface area (Å²) < 4.78 is 24.8. The molecule has 1 heterocycles. The van der Waals surface area contributed by atoms with Crippen molar-refractivity contribution in [3.05, 3.63) is 46.9 Å². The van der Waals surface area contributed by atoms with Crippen molar-refractivity contribution in [1.82, 2.24) is 0 Å². The minimum absolute atomic E-state index is 0.285. The second-order valence-electron chi connectivity index (χ2n) is 9.29. The van der Waals surface area contributed by atoms with Crippen LogP contribution in [0, 0.1) is 11.7 Å². The molecular formula is C23H30FNO4. The molecule has 158 valence electrons. The zero-order valence-corrected chi connectivity index (χ0v) is 18.4. The van der Waals surface area contributed by atoms with Crippen LogP contribution in [0.3, 0.4) is 0 Å². The van der Waals surface area contributed by atoms with Gasteiger partial charge in [0.05, 0.1) is 5.57 Å². The van der Waals surface area contributed by atoms with E-state index >= 15 is 0 Å². The Bertz CT molecular complexity index is 854. The van der Waals surface area contributed by atoms with Crippen molar-refractivity contribution < 1.29 is 23.5 Å². The molecule has 1 aliphatic heterocycles. The molecule has 5 nitrogen and oxygen atoms in total. The van der Waals surface area contributed by atoms with Gasteiger partial charge in [-0.2, -0.15) is 0 Å². The average Bonchev–Trinajstić information content (AvgIpc) is 2.51. The van der Waals surface area contributed by atoms with E-state index in [2.05, 4.69) is 4.99 Å². The Kier molecular flexibility index (Phi) is 6.36. The van der Waals surface area contributed by atoms with E-state index in [0.29, 0.717) is 17.0 Å². The van der Waals surface area contributed by atoms with Crippen molar-refractivity contribution in [2.75, 3.05) is 0 Å². The third-order valence-electron chi connectivity index (χ3n) is 4.34. The number of halogens is 1. The summed E-state index contributed by atoms with van der Waals surface area (Å²) in [4.78, 5) is 30.6. The molecule has 2 rings (SSSR count). The van der Waals surface area contributed by atoms with Crippen LogP contribution >= 0.6 is 0 Å². The van der Waals surface area contributed by atoms with E-state index in [1.807, 2.05) is 0 Å². The van der Waals surface area contributed by atoms with Gasteiger partial charge in [0.1, 0.15) is 22.9 Å². The molecule has 0 saturated heterocycles. The summed E-state index contributed by atoms with van der Waals surface area (Å²) in [5, 5.41) is 0. The number of hydrogen-bond donors (Lipinski definition) is 0. The summed E-state index contributed by atoms with van der Waals surface area (Å²) in [6.45, 7) is 14.1. The Morgan fingerprint density at radius 3 is 1.93 bits per heavy atom. The molecule has 0 spiro atoms. The van der Waals surface area contributed by atoms with E-state index in [9.17, 15) is 14.0 Å². The van der Waals surface area contributed by atoms with E-state index in [-0.39, 0.29) is 5.57 Å². The quantitative estimate of drug-likeness (QED) is 0.669. The molecule has 6 heteroatoms. The Balaban J connectivity index is 2.62. The minimum atomic E-state index is -0.814. The van der Waals surface area contributed by atoms with Crippen LogP contribution < -0.4 is 0 Å². The summed E-state index contributed by atoms with van der Waals surface area (Å²) in [7, 11) is 0. The number of carbonyl (C=O) groups is 2. The van der Waals surface area contributed by atoms with E-state index in [0.717, 1.165) is 0 Å². The molecular weight excluding hydrogens is 373 g/mol. The standard InChI is InChI=1S/C23H30FNO4/c1-13-17(20(26)28-22(3,4)5)19(15-9-11-16(24)12-10-15)18(14(2)25-13)21(27)29-23(6,7)8/h9-12,17,19H,1-8H3. The summed E-state index contributed by atoms with van der Waals surface area (Å²) in [5.74, 6) is -2.93. The Hall–Kier alpha value is -2.50. The van der Waals surface area contributed by atoms with Crippen molar-refractivity contribution in [2.24, 2.45) is 10.9 Å². The lowest BCUT2D eigenvalue weighted by Gasteiger charge is -2.34. The molecule has 1 aromatic rings. The van der Waals surface area contributed by atoms with Crippen molar-refractivity contribution in [2.45, 2.75) is 72.5 Å². The highest BCUT2D eigenvalue weighted by Gasteiger charge is 2.43. The first-order chi connectivity index (χ1) is 13.2. The van der Waals surface area contributed by atoms with E-state index in [1.165, 1.54) is 12.1 Å². The number of carbonyl (C=O) groups excluding carboxylic acids is 2. The van der Waals surface area contributed by atoms with E-state index in [4.69, 9.17) is 9.47 Å². The van der Waals surface area contributed by atoms with Gasteiger partial charge in [-0.25, -0.2) is 9.18 Å². The van der Waals surface area contributed by atoms with Gasteiger partial charge in [0.15, 0.2) is 0 Å². The molecule has 0 N–H and O–H groups in total. The van der Waals surface area contributed by atoms with E-state index < -0.39 is 40.8 Å². The fourth-order valence-corrected chi connectivity index (χ4v) is 3.34. The van der Waals surface area contributed by atoms with E-state index in [1.54, 1.807) is 67.5 Å². The molecule has 2 atom stereocenters. The van der Waals surface area contributed by atoms with Crippen LogP contribution in [0.4, 0.5) is 4.39 Å². The van der Waals surface area contributed by atoms with Gasteiger partial charge in [-0.15, -0.1) is 0 Å². The summed E-state index contributed by atoms with van der Waals surface area (Å²) in [6.07, 6.45) is 0. The number of benzene rings is 1. The van der Waals surface area contributed by atoms with Crippen LogP contribution in [0.5, 0.6) is 0 Å². The highest BCUT2D eigenvalue weighted by atomic mass is 19.1. The predicted molar refractivity (Wildman–Crippen MR) is 110 cm³/mol. The van der Waals surface area contributed by atoms with Crippen molar-refractivity contribution in [1.29, 1.82) is 0 Å². The van der Waals surface area contributed by atoms with Gasteiger partial charge in [0, 0.05) is 17.3 Å². The fourth-order valence-electron chi connectivity index (χ4n) is 3.34. The lowest BCUT2D eigenvalue weighted by molar-refractivity contribution is -0.158. The van der Waals surface area contributed by atoms with Gasteiger partial charge in [-0.05, 0) is 73.1 Å². The smallest absolute Gasteiger partial charge is 0.337 e. The number of ether oxygens (including phenoxy) is 2. The monoisotopic (exact) mass is 403 g/mol. The summed E-state index contributed by atoms with van der Waals surface area (Å²) >= 11 is 0. The lowest BCUT2D eigenvalue weighted by atomic mass is 9.75. The maximum Gasteiger partial charge on any atom is 0.337 e. The van der Waals surface area contributed by atoms with Gasteiger partial charge >= 0.3 is 11.9 Å². The summed E-state index contributed by atoms with van der Waals surface area (Å²) in [5.41, 5.74) is 0.511. The second-order valence-corrected chi connectivity index (χ2v) is 9.29. The molecule has 1 aliphatic rings. The van der Waals surface area contributed by atoms with Crippen LogP contribution in [0.25, 0.3) is 0 Å². The zero-order chi connectivity index (χ0) is 22.1. The van der Waals surface area contributed by atoms with Gasteiger partial charge in [0.25, 0.3) is 0 Å². The van der Waals surface area contributed by atoms with Crippen molar-refractivity contribution >= 4 is 17.7 Å². The first kappa shape index (κ1) is 22.8. The van der Waals surface area contributed by atoms with Crippen molar-refractivity contribution in [3.8, 4) is 0 Å². The molecule has 0 saturated carbocycles. The highest BCUT2D eigenvalue weighted by Crippen LogP contribution is 2.41. The van der Waals surface area contributed by atoms with Crippen LogP contribution in [0.1, 0.15) is 66.9 Å². The normalized spacial score (nSPS) is 20.2. The number of rotatable bonds is 3. The van der Waals surface area contributed by atoms with Gasteiger partial charge < -0.3 is 9.47 Å². The largest absolute Gasteiger partial charge is 0.459 e. The van der Waals surface area contributed by atoms with Crippen LogP contribution in [0.15, 0.2) is 40.5 Å². The Labute approximate surface area is 172 Å². The number of allylic oxidation sites excluding steroid dienone is 1. The summed E-state index contributed by atoms with van der Waals surface area (Å²) in [6, 6.07) is 5.77. The number of esters is 2. The maximum atomic E-state index is 13.5. The molecule has 29 heavy (non-hydrogen) atoms. The molecule has 0 amide bonds. The number of aliphatic imine (C=N–C) groups is 1. The molecule has 0 aliphatic carbocycles. The molecule has 2 unspecified atom stereocenters. The molecule has 0 aromatic heterocycles. The molecule has 1 aromatic carbocycles. The molecule has 0 fully saturated rings. The topological polar surface area (TPSA) is 65.0 Å². The average molecular weight is 403 g/mol. The SMILES string of the molecule is CC1=NC(C)=C(C(=O)OC(C)(C)C)C(c2ccc(F)cc2)C1C(=O)OC(C)(C)C. The Morgan fingerprint density at radius 1 is 0.931 bits per heavy atom. The predicted octanol–water partition coefficient (Wildman–Crippen LogP) is 4.96. The van der Waals surface area contributed by atoms with Crippen molar-refractivity contribution in [3.63, 3.8) is 0 Å². The highest BCUT2D eigenvalue weighted by molar-refractivity contribution is 6.07. The van der Waals surface area contributed by atoms with Gasteiger partial charge in [-0.3, -0.25) is 9.79 Å². The fraction of sp³-hybridized carbons (Fsp3) is 0.522. The van der Waals surface area contributed by atoms with Crippen LogP contribution in [0.2, 0.25) is 0 Å². The minimum Gasteiger partial charge on any atom is -0.459 e. The number of nitrogens with zero attached hydrogens (tertiary/aromatic N) is 1. The second kappa shape index (κ2) is 8.09. The Morgan fingerprint density at radius 2 is 1.45 bits per heavy atom.